The van der Waals surface area contributed by atoms with Crippen LogP contribution >= 0.6 is 0 Å². The van der Waals surface area contributed by atoms with Crippen LogP contribution in [0.15, 0.2) is 18.2 Å². The van der Waals surface area contributed by atoms with Gasteiger partial charge in [-0.2, -0.15) is 0 Å². The van der Waals surface area contributed by atoms with Crippen LogP contribution in [-0.4, -0.2) is 31.1 Å². The van der Waals surface area contributed by atoms with Crippen LogP contribution in [0.1, 0.15) is 24.0 Å². The predicted octanol–water partition coefficient (Wildman–Crippen LogP) is 2.26. The first-order valence-electron chi connectivity index (χ1n) is 6.39. The van der Waals surface area contributed by atoms with Crippen molar-refractivity contribution >= 4 is 0 Å². The summed E-state index contributed by atoms with van der Waals surface area (Å²) in [5, 5.41) is 0. The molecule has 1 saturated heterocycles. The lowest BCUT2D eigenvalue weighted by Gasteiger charge is -2.14. The van der Waals surface area contributed by atoms with Crippen molar-refractivity contribution in [2.24, 2.45) is 0 Å². The average molecular weight is 217 g/mol. The average Bonchev–Trinajstić information content (AvgIpc) is 2.97. The van der Waals surface area contributed by atoms with Gasteiger partial charge in [-0.3, -0.25) is 0 Å². The van der Waals surface area contributed by atoms with E-state index in [2.05, 4.69) is 23.1 Å². The van der Waals surface area contributed by atoms with E-state index in [-0.39, 0.29) is 0 Å². The van der Waals surface area contributed by atoms with Crippen LogP contribution in [0.2, 0.25) is 0 Å². The maximum absolute atomic E-state index is 5.52. The van der Waals surface area contributed by atoms with E-state index in [0.29, 0.717) is 0 Å². The van der Waals surface area contributed by atoms with Crippen molar-refractivity contribution in [1.82, 2.24) is 4.90 Å². The summed E-state index contributed by atoms with van der Waals surface area (Å²) in [7, 11) is 0. The highest BCUT2D eigenvalue weighted by molar-refractivity contribution is 5.39. The van der Waals surface area contributed by atoms with Crippen LogP contribution < -0.4 is 4.74 Å². The molecule has 86 valence electrons. The Morgan fingerprint density at radius 3 is 2.94 bits per heavy atom. The van der Waals surface area contributed by atoms with E-state index >= 15 is 0 Å². The Kier molecular flexibility index (Phi) is 2.83. The van der Waals surface area contributed by atoms with Gasteiger partial charge in [0.2, 0.25) is 0 Å². The highest BCUT2D eigenvalue weighted by Crippen LogP contribution is 2.26. The molecule has 0 saturated carbocycles. The van der Waals surface area contributed by atoms with Gasteiger partial charge in [0, 0.05) is 13.0 Å². The lowest BCUT2D eigenvalue weighted by Crippen LogP contribution is -2.21. The summed E-state index contributed by atoms with van der Waals surface area (Å²) in [5.41, 5.74) is 2.87. The molecule has 0 aromatic heterocycles. The highest BCUT2D eigenvalue weighted by Gasteiger charge is 2.14. The Balaban J connectivity index is 1.61. The molecule has 2 heterocycles. The Morgan fingerprint density at radius 2 is 2.06 bits per heavy atom. The van der Waals surface area contributed by atoms with Gasteiger partial charge in [0.25, 0.3) is 0 Å². The van der Waals surface area contributed by atoms with Crippen molar-refractivity contribution in [2.45, 2.75) is 25.7 Å². The van der Waals surface area contributed by atoms with Gasteiger partial charge < -0.3 is 9.64 Å². The predicted molar refractivity (Wildman–Crippen MR) is 65.0 cm³/mol. The normalized spacial score (nSPS) is 19.8. The summed E-state index contributed by atoms with van der Waals surface area (Å²) < 4.78 is 5.52. The van der Waals surface area contributed by atoms with Gasteiger partial charge in [0.15, 0.2) is 0 Å². The van der Waals surface area contributed by atoms with E-state index in [4.69, 9.17) is 4.74 Å². The number of nitrogens with zero attached hydrogens (tertiary/aromatic N) is 1. The minimum atomic E-state index is 0.866. The number of fused-ring (bicyclic) bond motifs is 1. The molecular weight excluding hydrogens is 198 g/mol. The summed E-state index contributed by atoms with van der Waals surface area (Å²) in [6.45, 7) is 4.69. The van der Waals surface area contributed by atoms with Crippen LogP contribution in [-0.2, 0) is 12.8 Å². The van der Waals surface area contributed by atoms with Crippen molar-refractivity contribution in [1.29, 1.82) is 0 Å². The topological polar surface area (TPSA) is 12.5 Å². The van der Waals surface area contributed by atoms with E-state index < -0.39 is 0 Å². The first-order chi connectivity index (χ1) is 7.92. The van der Waals surface area contributed by atoms with Crippen LogP contribution in [0.25, 0.3) is 0 Å². The van der Waals surface area contributed by atoms with Gasteiger partial charge >= 0.3 is 0 Å². The molecule has 2 aliphatic rings. The molecule has 2 nitrogen and oxygen atoms in total. The molecule has 0 N–H and O–H groups in total. The van der Waals surface area contributed by atoms with Gasteiger partial charge in [0.1, 0.15) is 5.75 Å². The number of rotatable bonds is 3. The first-order valence-corrected chi connectivity index (χ1v) is 6.39. The quantitative estimate of drug-likeness (QED) is 0.770. The summed E-state index contributed by atoms with van der Waals surface area (Å²) >= 11 is 0. The molecule has 0 aliphatic carbocycles. The molecule has 0 bridgehead atoms. The van der Waals surface area contributed by atoms with Crippen molar-refractivity contribution in [2.75, 3.05) is 26.2 Å². The third kappa shape index (κ3) is 2.07. The third-order valence-electron chi connectivity index (χ3n) is 3.67. The molecule has 1 aromatic rings. The molecule has 0 radical (unpaired) electrons. The number of benzene rings is 1. The zero-order valence-corrected chi connectivity index (χ0v) is 9.74. The van der Waals surface area contributed by atoms with E-state index in [1.807, 2.05) is 0 Å². The Labute approximate surface area is 97.2 Å². The van der Waals surface area contributed by atoms with Gasteiger partial charge in [-0.1, -0.05) is 12.1 Å². The third-order valence-corrected chi connectivity index (χ3v) is 3.67. The largest absolute Gasteiger partial charge is 0.493 e. The van der Waals surface area contributed by atoms with Gasteiger partial charge in [-0.05, 0) is 49.5 Å². The summed E-state index contributed by atoms with van der Waals surface area (Å²) in [4.78, 5) is 2.57. The number of likely N-dealkylation sites (tertiary alicyclic amines) is 1. The van der Waals surface area contributed by atoms with Crippen LogP contribution in [0.4, 0.5) is 0 Å². The lowest BCUT2D eigenvalue weighted by molar-refractivity contribution is 0.343. The Bertz CT molecular complexity index is 369. The number of hydrogen-bond donors (Lipinski definition) is 0. The first kappa shape index (κ1) is 10.2. The minimum Gasteiger partial charge on any atom is -0.493 e. The van der Waals surface area contributed by atoms with Crippen molar-refractivity contribution in [3.05, 3.63) is 29.3 Å². The molecule has 0 amide bonds. The fraction of sp³-hybridized carbons (Fsp3) is 0.571. The second-order valence-corrected chi connectivity index (χ2v) is 4.84. The minimum absolute atomic E-state index is 0.866. The molecule has 3 rings (SSSR count). The second-order valence-electron chi connectivity index (χ2n) is 4.84. The maximum Gasteiger partial charge on any atom is 0.122 e. The zero-order chi connectivity index (χ0) is 10.8. The zero-order valence-electron chi connectivity index (χ0n) is 9.74. The monoisotopic (exact) mass is 217 g/mol. The maximum atomic E-state index is 5.52. The van der Waals surface area contributed by atoms with Crippen molar-refractivity contribution in [3.63, 3.8) is 0 Å². The molecule has 2 heteroatoms. The lowest BCUT2D eigenvalue weighted by atomic mass is 10.1. The second kappa shape index (κ2) is 4.46. The van der Waals surface area contributed by atoms with Crippen LogP contribution in [0.3, 0.4) is 0 Å². The van der Waals surface area contributed by atoms with E-state index in [0.717, 1.165) is 18.8 Å². The molecule has 0 atom stereocenters. The SMILES string of the molecule is c1cc2c(cc1CCN1CCCC1)CCO2. The van der Waals surface area contributed by atoms with Crippen molar-refractivity contribution < 1.29 is 4.74 Å². The molecule has 0 unspecified atom stereocenters. The summed E-state index contributed by atoms with van der Waals surface area (Å²) in [5.74, 6) is 1.10. The smallest absolute Gasteiger partial charge is 0.122 e. The van der Waals surface area contributed by atoms with Crippen LogP contribution in [0, 0.1) is 0 Å². The van der Waals surface area contributed by atoms with Crippen LogP contribution in [0.5, 0.6) is 5.75 Å². The van der Waals surface area contributed by atoms with Gasteiger partial charge in [0.05, 0.1) is 6.61 Å². The molecule has 1 fully saturated rings. The van der Waals surface area contributed by atoms with E-state index in [1.165, 1.54) is 50.0 Å². The summed E-state index contributed by atoms with van der Waals surface area (Å²) in [6, 6.07) is 6.69. The fourth-order valence-corrected chi connectivity index (χ4v) is 2.69. The number of hydrogen-bond acceptors (Lipinski definition) is 2. The molecular formula is C14H19NO. The fourth-order valence-electron chi connectivity index (χ4n) is 2.69. The molecule has 2 aliphatic heterocycles. The van der Waals surface area contributed by atoms with Gasteiger partial charge in [-0.15, -0.1) is 0 Å². The Hall–Kier alpha value is -1.02. The molecule has 0 spiro atoms. The highest BCUT2D eigenvalue weighted by atomic mass is 16.5. The standard InChI is InChI=1S/C14H19NO/c1-2-8-15(7-1)9-5-12-3-4-14-13(11-12)6-10-16-14/h3-4,11H,1-2,5-10H2. The van der Waals surface area contributed by atoms with E-state index in [1.54, 1.807) is 0 Å². The van der Waals surface area contributed by atoms with E-state index in [9.17, 15) is 0 Å². The molecule has 16 heavy (non-hydrogen) atoms. The summed E-state index contributed by atoms with van der Waals surface area (Å²) in [6.07, 6.45) is 5.05. The molecule has 1 aromatic carbocycles. The van der Waals surface area contributed by atoms with Gasteiger partial charge in [-0.25, -0.2) is 0 Å². The van der Waals surface area contributed by atoms with Crippen molar-refractivity contribution in [3.8, 4) is 5.75 Å². The Morgan fingerprint density at radius 1 is 1.19 bits per heavy atom. The number of ether oxygens (including phenoxy) is 1.